The third-order valence-corrected chi connectivity index (χ3v) is 4.55. The molecule has 0 fully saturated rings. The Morgan fingerprint density at radius 2 is 1.76 bits per heavy atom. The summed E-state index contributed by atoms with van der Waals surface area (Å²) in [5.41, 5.74) is 3.29. The van der Waals surface area contributed by atoms with Gasteiger partial charge in [-0.2, -0.15) is 0 Å². The highest BCUT2D eigenvalue weighted by Gasteiger charge is 2.12. The lowest BCUT2D eigenvalue weighted by molar-refractivity contribution is 0.493. The van der Waals surface area contributed by atoms with Gasteiger partial charge in [0.2, 0.25) is 0 Å². The third kappa shape index (κ3) is 3.12. The van der Waals surface area contributed by atoms with Gasteiger partial charge in [-0.05, 0) is 54.6 Å². The van der Waals surface area contributed by atoms with Gasteiger partial charge in [0.15, 0.2) is 0 Å². The summed E-state index contributed by atoms with van der Waals surface area (Å²) in [5, 5.41) is 5.59. The van der Waals surface area contributed by atoms with E-state index in [9.17, 15) is 4.39 Å². The molecule has 2 nitrogen and oxygen atoms in total. The number of nitrogens with one attached hydrogen (secondary N) is 1. The van der Waals surface area contributed by atoms with Crippen LogP contribution in [0.4, 0.5) is 4.39 Å². The lowest BCUT2D eigenvalue weighted by atomic mass is 10.1. The van der Waals surface area contributed by atoms with Gasteiger partial charge in [-0.3, -0.25) is 4.98 Å². The Hall–Kier alpha value is -1.78. The normalized spacial score (nSPS) is 14.2. The van der Waals surface area contributed by atoms with Crippen molar-refractivity contribution < 1.29 is 4.39 Å². The van der Waals surface area contributed by atoms with E-state index in [4.69, 9.17) is 0 Å². The van der Waals surface area contributed by atoms with Crippen LogP contribution in [0.2, 0.25) is 0 Å². The quantitative estimate of drug-likeness (QED) is 0.745. The lowest BCUT2D eigenvalue weighted by Gasteiger charge is -2.20. The summed E-state index contributed by atoms with van der Waals surface area (Å²) in [6.07, 6.45) is 1.92. The predicted molar refractivity (Wildman–Crippen MR) is 86.0 cm³/mol. The smallest absolute Gasteiger partial charge is 0.123 e. The van der Waals surface area contributed by atoms with Crippen LogP contribution in [0.15, 0.2) is 48.0 Å². The maximum atomic E-state index is 13.0. The van der Waals surface area contributed by atoms with Crippen LogP contribution in [0.3, 0.4) is 0 Å². The monoisotopic (exact) mass is 300 g/mol. The number of pyridine rings is 1. The molecule has 0 amide bonds. The summed E-state index contributed by atoms with van der Waals surface area (Å²) in [7, 11) is 0. The fourth-order valence-corrected chi connectivity index (χ4v) is 3.21. The Morgan fingerprint density at radius 1 is 1.05 bits per heavy atom. The summed E-state index contributed by atoms with van der Waals surface area (Å²) in [6.45, 7) is 4.21. The molecule has 2 heterocycles. The van der Waals surface area contributed by atoms with E-state index in [2.05, 4.69) is 35.6 Å². The number of fused-ring (bicyclic) bond motifs is 1. The number of benzene rings is 1. The maximum Gasteiger partial charge on any atom is 0.123 e. The van der Waals surface area contributed by atoms with Crippen LogP contribution < -0.4 is 5.32 Å². The van der Waals surface area contributed by atoms with Crippen molar-refractivity contribution >= 4 is 21.6 Å². The second-order valence-electron chi connectivity index (χ2n) is 5.23. The predicted octanol–water partition coefficient (Wildman–Crippen LogP) is 4.85. The number of rotatable bonds is 4. The Kier molecular flexibility index (Phi) is 3.99. The van der Waals surface area contributed by atoms with Crippen LogP contribution in [0.1, 0.15) is 37.1 Å². The van der Waals surface area contributed by atoms with Crippen molar-refractivity contribution in [3.63, 3.8) is 0 Å². The molecule has 1 N–H and O–H groups in total. The summed E-state index contributed by atoms with van der Waals surface area (Å²) >= 11 is 1.70. The fourth-order valence-electron chi connectivity index (χ4n) is 2.42. The van der Waals surface area contributed by atoms with Gasteiger partial charge in [-0.25, -0.2) is 4.39 Å². The SMILES string of the molecule is CC(N[C@@H](C)c1ccc(F)cc1)c1cnc2ccsc2c1. The molecule has 2 atom stereocenters. The molecule has 1 aromatic carbocycles. The molecular weight excluding hydrogens is 283 g/mol. The first-order valence-electron chi connectivity index (χ1n) is 6.98. The second-order valence-corrected chi connectivity index (χ2v) is 6.18. The van der Waals surface area contributed by atoms with Crippen molar-refractivity contribution in [2.45, 2.75) is 25.9 Å². The maximum absolute atomic E-state index is 13.0. The number of halogens is 1. The van der Waals surface area contributed by atoms with Crippen molar-refractivity contribution in [2.75, 3.05) is 0 Å². The molecule has 3 rings (SSSR count). The number of hydrogen-bond acceptors (Lipinski definition) is 3. The first kappa shape index (κ1) is 14.2. The third-order valence-electron chi connectivity index (χ3n) is 3.69. The van der Waals surface area contributed by atoms with E-state index in [-0.39, 0.29) is 17.9 Å². The minimum Gasteiger partial charge on any atom is -0.304 e. The molecule has 4 heteroatoms. The van der Waals surface area contributed by atoms with Crippen molar-refractivity contribution in [3.05, 3.63) is 64.9 Å². The molecule has 108 valence electrons. The Bertz CT molecular complexity index is 736. The Balaban J connectivity index is 1.75. The van der Waals surface area contributed by atoms with E-state index < -0.39 is 0 Å². The molecule has 0 saturated heterocycles. The highest BCUT2D eigenvalue weighted by atomic mass is 32.1. The van der Waals surface area contributed by atoms with E-state index >= 15 is 0 Å². The number of thiophene rings is 1. The Morgan fingerprint density at radius 3 is 2.52 bits per heavy atom. The van der Waals surface area contributed by atoms with Gasteiger partial charge in [0.25, 0.3) is 0 Å². The van der Waals surface area contributed by atoms with Crippen molar-refractivity contribution in [2.24, 2.45) is 0 Å². The zero-order chi connectivity index (χ0) is 14.8. The topological polar surface area (TPSA) is 24.9 Å². The summed E-state index contributed by atoms with van der Waals surface area (Å²) < 4.78 is 14.2. The lowest BCUT2D eigenvalue weighted by Crippen LogP contribution is -2.22. The summed E-state index contributed by atoms with van der Waals surface area (Å²) in [5.74, 6) is -0.202. The average molecular weight is 300 g/mol. The van der Waals surface area contributed by atoms with Gasteiger partial charge in [0.05, 0.1) is 10.2 Å². The first-order valence-corrected chi connectivity index (χ1v) is 7.86. The Labute approximate surface area is 127 Å². The molecule has 0 spiro atoms. The van der Waals surface area contributed by atoms with Gasteiger partial charge in [-0.1, -0.05) is 12.1 Å². The summed E-state index contributed by atoms with van der Waals surface area (Å²) in [6, 6.07) is 11.2. The molecule has 21 heavy (non-hydrogen) atoms. The molecule has 0 aliphatic carbocycles. The minimum atomic E-state index is -0.202. The van der Waals surface area contributed by atoms with Gasteiger partial charge >= 0.3 is 0 Å². The number of hydrogen-bond donors (Lipinski definition) is 1. The highest BCUT2D eigenvalue weighted by Crippen LogP contribution is 2.24. The van der Waals surface area contributed by atoms with Crippen molar-refractivity contribution in [1.29, 1.82) is 0 Å². The second kappa shape index (κ2) is 5.92. The van der Waals surface area contributed by atoms with Gasteiger partial charge in [0, 0.05) is 18.3 Å². The molecule has 1 unspecified atom stereocenters. The van der Waals surface area contributed by atoms with Crippen LogP contribution in [0, 0.1) is 5.82 Å². The number of aromatic nitrogens is 1. The van der Waals surface area contributed by atoms with E-state index in [1.165, 1.54) is 22.4 Å². The van der Waals surface area contributed by atoms with Gasteiger partial charge < -0.3 is 5.32 Å². The van der Waals surface area contributed by atoms with E-state index in [1.807, 2.05) is 24.4 Å². The van der Waals surface area contributed by atoms with Crippen molar-refractivity contribution in [1.82, 2.24) is 10.3 Å². The molecule has 0 aliphatic rings. The van der Waals surface area contributed by atoms with Crippen LogP contribution in [0.25, 0.3) is 10.2 Å². The zero-order valence-electron chi connectivity index (χ0n) is 12.0. The molecule has 0 saturated carbocycles. The standard InChI is InChI=1S/C17H17FN2S/c1-11(13-3-5-15(18)6-4-13)20-12(2)14-9-17-16(19-10-14)7-8-21-17/h3-12,20H,1-2H3/t11-,12?/m0/s1. The van der Waals surface area contributed by atoms with Gasteiger partial charge in [-0.15, -0.1) is 11.3 Å². The zero-order valence-corrected chi connectivity index (χ0v) is 12.8. The molecule has 0 aliphatic heterocycles. The van der Waals surface area contributed by atoms with E-state index in [1.54, 1.807) is 11.3 Å². The minimum absolute atomic E-state index is 0.152. The summed E-state index contributed by atoms with van der Waals surface area (Å²) in [4.78, 5) is 4.47. The van der Waals surface area contributed by atoms with E-state index in [0.717, 1.165) is 11.1 Å². The average Bonchev–Trinajstić information content (AvgIpc) is 2.95. The van der Waals surface area contributed by atoms with Gasteiger partial charge in [0.1, 0.15) is 5.82 Å². The molecule has 0 bridgehead atoms. The van der Waals surface area contributed by atoms with Crippen LogP contribution in [-0.4, -0.2) is 4.98 Å². The van der Waals surface area contributed by atoms with E-state index in [0.29, 0.717) is 0 Å². The first-order chi connectivity index (χ1) is 10.1. The largest absolute Gasteiger partial charge is 0.304 e. The molecule has 3 aromatic rings. The molecule has 0 radical (unpaired) electrons. The fraction of sp³-hybridized carbons (Fsp3) is 0.235. The molecule has 2 aromatic heterocycles. The number of nitrogens with zero attached hydrogens (tertiary/aromatic N) is 1. The van der Waals surface area contributed by atoms with Crippen LogP contribution in [-0.2, 0) is 0 Å². The highest BCUT2D eigenvalue weighted by molar-refractivity contribution is 7.17. The van der Waals surface area contributed by atoms with Crippen molar-refractivity contribution in [3.8, 4) is 0 Å². The van der Waals surface area contributed by atoms with Crippen LogP contribution in [0.5, 0.6) is 0 Å². The van der Waals surface area contributed by atoms with Crippen LogP contribution >= 0.6 is 11.3 Å². The molecular formula is C17H17FN2S.